The lowest BCUT2D eigenvalue weighted by molar-refractivity contribution is 0.164. The highest BCUT2D eigenvalue weighted by Crippen LogP contribution is 2.19. The molecule has 0 aliphatic heterocycles. The second kappa shape index (κ2) is 4.05. The first-order valence-electron chi connectivity index (χ1n) is 4.08. The van der Waals surface area contributed by atoms with Gasteiger partial charge in [0.1, 0.15) is 5.15 Å². The second-order valence-electron chi connectivity index (χ2n) is 3.13. The van der Waals surface area contributed by atoms with Crippen molar-refractivity contribution in [1.82, 2.24) is 4.98 Å². The molecule has 1 aromatic heterocycles. The predicted molar refractivity (Wildman–Crippen MR) is 52.6 cm³/mol. The molecule has 0 bridgehead atoms. The molecule has 72 valence electrons. The third-order valence-electron chi connectivity index (χ3n) is 2.00. The zero-order valence-electron chi connectivity index (χ0n) is 7.66. The van der Waals surface area contributed by atoms with E-state index in [-0.39, 0.29) is 0 Å². The van der Waals surface area contributed by atoms with Gasteiger partial charge in [0, 0.05) is 6.20 Å². The topological polar surface area (TPSA) is 59.1 Å². The Bertz CT molecular complexity index is 302. The maximum atomic E-state index is 9.28. The summed E-state index contributed by atoms with van der Waals surface area (Å²) in [4.78, 5) is 3.92. The number of nitrogens with zero attached hydrogens (tertiary/aromatic N) is 1. The number of nitrogens with two attached hydrogens (primary N) is 1. The van der Waals surface area contributed by atoms with Gasteiger partial charge in [-0.25, -0.2) is 4.98 Å². The molecule has 0 unspecified atom stereocenters. The van der Waals surface area contributed by atoms with Crippen LogP contribution >= 0.6 is 11.6 Å². The first kappa shape index (κ1) is 10.4. The van der Waals surface area contributed by atoms with Crippen LogP contribution < -0.4 is 5.73 Å². The smallest absolute Gasteiger partial charge is 0.129 e. The van der Waals surface area contributed by atoms with Crippen molar-refractivity contribution in [2.24, 2.45) is 5.73 Å². The van der Waals surface area contributed by atoms with Gasteiger partial charge in [0.05, 0.1) is 12.1 Å². The molecule has 1 heterocycles. The van der Waals surface area contributed by atoms with E-state index in [9.17, 15) is 5.11 Å². The summed E-state index contributed by atoms with van der Waals surface area (Å²) in [6.07, 6.45) is 1.02. The minimum Gasteiger partial charge on any atom is -0.391 e. The number of hydrogen-bond acceptors (Lipinski definition) is 3. The van der Waals surface area contributed by atoms with E-state index in [2.05, 4.69) is 4.98 Å². The Balaban J connectivity index is 3.01. The van der Waals surface area contributed by atoms with Crippen molar-refractivity contribution < 1.29 is 5.11 Å². The molecule has 0 radical (unpaired) electrons. The van der Waals surface area contributed by atoms with E-state index in [1.54, 1.807) is 19.2 Å². The summed E-state index contributed by atoms with van der Waals surface area (Å²) in [5.41, 5.74) is 7.54. The molecular formula is C9H13ClN2O. The fraction of sp³-hybridized carbons (Fsp3) is 0.444. The molecule has 0 saturated heterocycles. The monoisotopic (exact) mass is 200 g/mol. The Morgan fingerprint density at radius 2 is 2.23 bits per heavy atom. The lowest BCUT2D eigenvalue weighted by Gasteiger charge is -2.16. The highest BCUT2D eigenvalue weighted by molar-refractivity contribution is 6.29. The fourth-order valence-corrected chi connectivity index (χ4v) is 1.35. The summed E-state index contributed by atoms with van der Waals surface area (Å²) in [6, 6.07) is 1.34. The largest absolute Gasteiger partial charge is 0.391 e. The molecule has 3 nitrogen and oxygen atoms in total. The molecule has 1 aromatic rings. The minimum atomic E-state index is -0.582. The van der Waals surface area contributed by atoms with Crippen molar-refractivity contribution in [1.29, 1.82) is 0 Å². The summed E-state index contributed by atoms with van der Waals surface area (Å²) in [5, 5.41) is 9.73. The molecule has 2 atom stereocenters. The summed E-state index contributed by atoms with van der Waals surface area (Å²) in [5.74, 6) is 0. The van der Waals surface area contributed by atoms with Gasteiger partial charge < -0.3 is 10.8 Å². The molecule has 4 heteroatoms. The molecule has 0 fully saturated rings. The summed E-state index contributed by atoms with van der Waals surface area (Å²) < 4.78 is 0. The van der Waals surface area contributed by atoms with E-state index in [0.29, 0.717) is 5.15 Å². The third kappa shape index (κ3) is 2.40. The molecule has 0 aromatic carbocycles. The lowest BCUT2D eigenvalue weighted by atomic mass is 10.0. The van der Waals surface area contributed by atoms with Gasteiger partial charge in [-0.3, -0.25) is 0 Å². The highest BCUT2D eigenvalue weighted by atomic mass is 35.5. The molecule has 0 aliphatic rings. The van der Waals surface area contributed by atoms with Crippen molar-refractivity contribution >= 4 is 11.6 Å². The summed E-state index contributed by atoms with van der Waals surface area (Å²) in [7, 11) is 0. The van der Waals surface area contributed by atoms with Crippen LogP contribution in [0, 0.1) is 6.92 Å². The van der Waals surface area contributed by atoms with Crippen LogP contribution in [0.4, 0.5) is 0 Å². The molecule has 0 aliphatic carbocycles. The fourth-order valence-electron chi connectivity index (χ4n) is 1.14. The second-order valence-corrected chi connectivity index (χ2v) is 3.52. The van der Waals surface area contributed by atoms with Crippen LogP contribution in [-0.4, -0.2) is 16.2 Å². The van der Waals surface area contributed by atoms with E-state index in [0.717, 1.165) is 11.1 Å². The standard InChI is InChI=1S/C9H13ClN2O/c1-5-3-8(10)12-4-7(5)9(11)6(2)13/h3-4,6,9,13H,11H2,1-2H3/t6-,9-/m0/s1. The van der Waals surface area contributed by atoms with Gasteiger partial charge in [0.2, 0.25) is 0 Å². The van der Waals surface area contributed by atoms with Crippen molar-refractivity contribution in [3.63, 3.8) is 0 Å². The third-order valence-corrected chi connectivity index (χ3v) is 2.20. The van der Waals surface area contributed by atoms with E-state index < -0.39 is 12.1 Å². The average molecular weight is 201 g/mol. The van der Waals surface area contributed by atoms with Gasteiger partial charge in [0.15, 0.2) is 0 Å². The molecule has 1 rings (SSSR count). The van der Waals surface area contributed by atoms with Crippen LogP contribution in [0.15, 0.2) is 12.3 Å². The van der Waals surface area contributed by atoms with Crippen molar-refractivity contribution in [2.75, 3.05) is 0 Å². The highest BCUT2D eigenvalue weighted by Gasteiger charge is 2.14. The van der Waals surface area contributed by atoms with Gasteiger partial charge in [-0.1, -0.05) is 11.6 Å². The number of halogens is 1. The molecule has 0 spiro atoms. The van der Waals surface area contributed by atoms with Gasteiger partial charge >= 0.3 is 0 Å². The van der Waals surface area contributed by atoms with Crippen molar-refractivity contribution in [2.45, 2.75) is 26.0 Å². The number of pyridine rings is 1. The Morgan fingerprint density at radius 1 is 1.62 bits per heavy atom. The maximum Gasteiger partial charge on any atom is 0.129 e. The summed E-state index contributed by atoms with van der Waals surface area (Å²) in [6.45, 7) is 3.55. The number of hydrogen-bond donors (Lipinski definition) is 2. The van der Waals surface area contributed by atoms with E-state index in [1.807, 2.05) is 6.92 Å². The zero-order valence-corrected chi connectivity index (χ0v) is 8.42. The number of aliphatic hydroxyl groups is 1. The Kier molecular flexibility index (Phi) is 3.25. The van der Waals surface area contributed by atoms with Crippen molar-refractivity contribution in [3.05, 3.63) is 28.5 Å². The molecule has 3 N–H and O–H groups in total. The number of rotatable bonds is 2. The number of aromatic nitrogens is 1. The van der Waals surface area contributed by atoms with Gasteiger partial charge in [0.25, 0.3) is 0 Å². The normalized spacial score (nSPS) is 15.5. The van der Waals surface area contributed by atoms with Crippen LogP contribution in [0.2, 0.25) is 5.15 Å². The van der Waals surface area contributed by atoms with E-state index in [4.69, 9.17) is 17.3 Å². The lowest BCUT2D eigenvalue weighted by Crippen LogP contribution is -2.24. The van der Waals surface area contributed by atoms with E-state index >= 15 is 0 Å². The van der Waals surface area contributed by atoms with Gasteiger partial charge in [-0.2, -0.15) is 0 Å². The minimum absolute atomic E-state index is 0.398. The van der Waals surface area contributed by atoms with Crippen LogP contribution in [0.25, 0.3) is 0 Å². The zero-order chi connectivity index (χ0) is 10.0. The van der Waals surface area contributed by atoms with E-state index in [1.165, 1.54) is 0 Å². The average Bonchev–Trinajstić information content (AvgIpc) is 2.03. The number of aliphatic hydroxyl groups excluding tert-OH is 1. The predicted octanol–water partition coefficient (Wildman–Crippen LogP) is 1.42. The van der Waals surface area contributed by atoms with Gasteiger partial charge in [-0.15, -0.1) is 0 Å². The first-order chi connectivity index (χ1) is 6.02. The van der Waals surface area contributed by atoms with Crippen LogP contribution in [0.3, 0.4) is 0 Å². The van der Waals surface area contributed by atoms with Crippen molar-refractivity contribution in [3.8, 4) is 0 Å². The maximum absolute atomic E-state index is 9.28. The SMILES string of the molecule is Cc1cc(Cl)ncc1[C@@H](N)[C@H](C)O. The van der Waals surface area contributed by atoms with Crippen LogP contribution in [-0.2, 0) is 0 Å². The summed E-state index contributed by atoms with van der Waals surface area (Å²) >= 11 is 5.69. The number of aryl methyl sites for hydroxylation is 1. The molecule has 0 amide bonds. The molecule has 0 saturated carbocycles. The quantitative estimate of drug-likeness (QED) is 0.710. The molecular weight excluding hydrogens is 188 g/mol. The van der Waals surface area contributed by atoms with Crippen LogP contribution in [0.5, 0.6) is 0 Å². The first-order valence-corrected chi connectivity index (χ1v) is 4.46. The Labute approximate surface area is 82.5 Å². The Hall–Kier alpha value is -0.640. The van der Waals surface area contributed by atoms with Gasteiger partial charge in [-0.05, 0) is 31.0 Å². The van der Waals surface area contributed by atoms with Crippen LogP contribution in [0.1, 0.15) is 24.1 Å². The molecule has 13 heavy (non-hydrogen) atoms. The Morgan fingerprint density at radius 3 is 2.69 bits per heavy atom.